The molecule has 0 heterocycles. The Balaban J connectivity index is 1.85. The molecule has 0 amide bonds. The van der Waals surface area contributed by atoms with Gasteiger partial charge in [-0.1, -0.05) is 115 Å². The minimum Gasteiger partial charge on any atom is -0.0616 e. The summed E-state index contributed by atoms with van der Waals surface area (Å²) < 4.78 is 0. The van der Waals surface area contributed by atoms with Crippen molar-refractivity contribution < 1.29 is 0 Å². The van der Waals surface area contributed by atoms with Gasteiger partial charge in [-0.05, 0) is 60.6 Å². The highest BCUT2D eigenvalue weighted by molar-refractivity contribution is 6.23. The van der Waals surface area contributed by atoms with Crippen molar-refractivity contribution in [2.45, 2.75) is 0 Å². The molecule has 0 aliphatic heterocycles. The van der Waals surface area contributed by atoms with Gasteiger partial charge in [0.15, 0.2) is 0 Å². The van der Waals surface area contributed by atoms with E-state index in [0.717, 1.165) is 0 Å². The van der Waals surface area contributed by atoms with Crippen molar-refractivity contribution >= 4 is 32.3 Å². The average molecular weight is 379 g/mol. The van der Waals surface area contributed by atoms with Crippen LogP contribution in [0, 0.1) is 6.07 Å². The lowest BCUT2D eigenvalue weighted by Gasteiger charge is -2.18. The van der Waals surface area contributed by atoms with Gasteiger partial charge in [-0.2, -0.15) is 0 Å². The van der Waals surface area contributed by atoms with Crippen LogP contribution in [0.4, 0.5) is 0 Å². The fourth-order valence-electron chi connectivity index (χ4n) is 4.73. The van der Waals surface area contributed by atoms with Gasteiger partial charge in [-0.15, -0.1) is 0 Å². The number of hydrogen-bond acceptors (Lipinski definition) is 0. The predicted molar refractivity (Wildman–Crippen MR) is 129 cm³/mol. The van der Waals surface area contributed by atoms with Crippen molar-refractivity contribution in [3.63, 3.8) is 0 Å². The van der Waals surface area contributed by atoms with Gasteiger partial charge in [0.2, 0.25) is 0 Å². The lowest BCUT2D eigenvalue weighted by Crippen LogP contribution is -1.91. The minimum atomic E-state index is 1.23. The molecule has 0 aliphatic rings. The summed E-state index contributed by atoms with van der Waals surface area (Å²) in [5.74, 6) is 0. The van der Waals surface area contributed by atoms with Gasteiger partial charge in [0.25, 0.3) is 0 Å². The molecule has 30 heavy (non-hydrogen) atoms. The molecule has 0 bridgehead atoms. The van der Waals surface area contributed by atoms with Crippen LogP contribution in [-0.2, 0) is 0 Å². The van der Waals surface area contributed by atoms with Gasteiger partial charge in [-0.25, -0.2) is 0 Å². The number of rotatable bonds is 2. The van der Waals surface area contributed by atoms with Gasteiger partial charge in [0.05, 0.1) is 0 Å². The first kappa shape index (κ1) is 17.0. The molecular weight excluding hydrogens is 360 g/mol. The summed E-state index contributed by atoms with van der Waals surface area (Å²) in [5, 5.41) is 7.70. The Bertz CT molecular complexity index is 1460. The van der Waals surface area contributed by atoms with E-state index >= 15 is 0 Å². The van der Waals surface area contributed by atoms with Crippen LogP contribution >= 0.6 is 0 Å². The van der Waals surface area contributed by atoms with Crippen LogP contribution in [0.3, 0.4) is 0 Å². The van der Waals surface area contributed by atoms with Crippen LogP contribution in [0.25, 0.3) is 54.6 Å². The molecular formula is C30H19. The molecule has 6 aromatic carbocycles. The van der Waals surface area contributed by atoms with Crippen LogP contribution in [0.5, 0.6) is 0 Å². The van der Waals surface area contributed by atoms with E-state index in [1.165, 1.54) is 54.6 Å². The number of hydrogen-bond donors (Lipinski definition) is 0. The molecule has 0 unspecified atom stereocenters. The summed E-state index contributed by atoms with van der Waals surface area (Å²) in [7, 11) is 0. The van der Waals surface area contributed by atoms with E-state index in [1.807, 2.05) is 12.1 Å². The fraction of sp³-hybridized carbons (Fsp3) is 0. The molecule has 139 valence electrons. The molecule has 6 rings (SSSR count). The maximum Gasteiger partial charge on any atom is -0.00201 e. The molecule has 0 spiro atoms. The number of fused-ring (bicyclic) bond motifs is 3. The Kier molecular flexibility index (Phi) is 3.89. The quantitative estimate of drug-likeness (QED) is 0.266. The van der Waals surface area contributed by atoms with Gasteiger partial charge >= 0.3 is 0 Å². The first-order valence-corrected chi connectivity index (χ1v) is 10.3. The second kappa shape index (κ2) is 6.86. The van der Waals surface area contributed by atoms with Crippen molar-refractivity contribution in [1.29, 1.82) is 0 Å². The molecule has 0 atom stereocenters. The van der Waals surface area contributed by atoms with Gasteiger partial charge < -0.3 is 0 Å². The van der Waals surface area contributed by atoms with Crippen molar-refractivity contribution in [2.75, 3.05) is 0 Å². The first-order valence-electron chi connectivity index (χ1n) is 10.3. The molecule has 0 heteroatoms. The smallest absolute Gasteiger partial charge is 0.00201 e. The van der Waals surface area contributed by atoms with E-state index in [0.29, 0.717) is 0 Å². The summed E-state index contributed by atoms with van der Waals surface area (Å²) in [6, 6.07) is 44.4. The van der Waals surface area contributed by atoms with Crippen molar-refractivity contribution in [3.8, 4) is 22.3 Å². The molecule has 0 aliphatic carbocycles. The normalized spacial score (nSPS) is 11.3. The maximum absolute atomic E-state index is 3.16. The van der Waals surface area contributed by atoms with E-state index in [-0.39, 0.29) is 0 Å². The highest BCUT2D eigenvalue weighted by Crippen LogP contribution is 2.44. The van der Waals surface area contributed by atoms with Crippen molar-refractivity contribution in [3.05, 3.63) is 121 Å². The van der Waals surface area contributed by atoms with Crippen LogP contribution in [0.15, 0.2) is 115 Å². The zero-order valence-corrected chi connectivity index (χ0v) is 16.5. The fourth-order valence-corrected chi connectivity index (χ4v) is 4.73. The van der Waals surface area contributed by atoms with Crippen LogP contribution in [0.2, 0.25) is 0 Å². The highest BCUT2D eigenvalue weighted by Gasteiger charge is 2.17. The zero-order valence-electron chi connectivity index (χ0n) is 16.5. The van der Waals surface area contributed by atoms with Gasteiger partial charge in [-0.3, -0.25) is 0 Å². The second-order valence-electron chi connectivity index (χ2n) is 7.66. The molecule has 0 N–H and O–H groups in total. The average Bonchev–Trinajstić information content (AvgIpc) is 2.83. The Morgan fingerprint density at radius 1 is 0.400 bits per heavy atom. The van der Waals surface area contributed by atoms with E-state index in [2.05, 4.69) is 109 Å². The van der Waals surface area contributed by atoms with Gasteiger partial charge in [0.1, 0.15) is 0 Å². The molecule has 0 fully saturated rings. The third-order valence-electron chi connectivity index (χ3n) is 6.00. The Hall–Kier alpha value is -3.90. The van der Waals surface area contributed by atoms with E-state index in [1.54, 1.807) is 0 Å². The maximum atomic E-state index is 3.16. The zero-order chi connectivity index (χ0) is 19.9. The minimum absolute atomic E-state index is 1.23. The van der Waals surface area contributed by atoms with E-state index in [9.17, 15) is 0 Å². The Morgan fingerprint density at radius 3 is 1.53 bits per heavy atom. The highest BCUT2D eigenvalue weighted by atomic mass is 14.2. The SMILES string of the molecule is [c]1ccc(-c2c3ccccc3c(-c3cccc4ccccc34)c3ccccc23)cc1. The van der Waals surface area contributed by atoms with Crippen molar-refractivity contribution in [1.82, 2.24) is 0 Å². The summed E-state index contributed by atoms with van der Waals surface area (Å²) in [6.45, 7) is 0. The largest absolute Gasteiger partial charge is 0.0616 e. The van der Waals surface area contributed by atoms with Crippen LogP contribution in [0.1, 0.15) is 0 Å². The molecule has 0 aromatic heterocycles. The first-order chi connectivity index (χ1) is 14.9. The molecule has 6 aromatic rings. The lowest BCUT2D eigenvalue weighted by atomic mass is 9.85. The van der Waals surface area contributed by atoms with Crippen LogP contribution < -0.4 is 0 Å². The van der Waals surface area contributed by atoms with Gasteiger partial charge in [0, 0.05) is 0 Å². The van der Waals surface area contributed by atoms with E-state index < -0.39 is 0 Å². The Morgan fingerprint density at radius 2 is 0.900 bits per heavy atom. The second-order valence-corrected chi connectivity index (χ2v) is 7.66. The van der Waals surface area contributed by atoms with E-state index in [4.69, 9.17) is 0 Å². The summed E-state index contributed by atoms with van der Waals surface area (Å²) in [5.41, 5.74) is 5.11. The lowest BCUT2D eigenvalue weighted by molar-refractivity contribution is 1.65. The topological polar surface area (TPSA) is 0 Å². The third-order valence-corrected chi connectivity index (χ3v) is 6.00. The summed E-state index contributed by atoms with van der Waals surface area (Å²) in [4.78, 5) is 0. The molecule has 1 radical (unpaired) electrons. The molecule has 0 nitrogen and oxygen atoms in total. The number of benzene rings is 6. The van der Waals surface area contributed by atoms with Crippen molar-refractivity contribution in [2.24, 2.45) is 0 Å². The Labute approximate surface area is 176 Å². The third kappa shape index (κ3) is 2.54. The molecule has 0 saturated heterocycles. The summed E-state index contributed by atoms with van der Waals surface area (Å²) in [6.07, 6.45) is 0. The molecule has 0 saturated carbocycles. The van der Waals surface area contributed by atoms with Crippen LogP contribution in [-0.4, -0.2) is 0 Å². The monoisotopic (exact) mass is 379 g/mol. The standard InChI is InChI=1S/C30H19/c1-2-12-22(13-3-1)29-25-16-6-8-18-27(25)30(28-19-9-7-17-26(28)29)24-20-10-14-21-11-4-5-15-23(21)24/h2-20H. The predicted octanol–water partition coefficient (Wildman–Crippen LogP) is 8.28. The summed E-state index contributed by atoms with van der Waals surface area (Å²) >= 11 is 0.